The molecule has 1 aliphatic carbocycles. The summed E-state index contributed by atoms with van der Waals surface area (Å²) in [6.07, 6.45) is 7.25. The zero-order chi connectivity index (χ0) is 13.4. The van der Waals surface area contributed by atoms with E-state index >= 15 is 0 Å². The number of nitrogens with two attached hydrogens (primary N) is 1. The third-order valence-electron chi connectivity index (χ3n) is 3.67. The molecule has 1 atom stereocenters. The van der Waals surface area contributed by atoms with E-state index in [0.717, 1.165) is 6.42 Å². The second-order valence-electron chi connectivity index (χ2n) is 5.00. The van der Waals surface area contributed by atoms with Gasteiger partial charge in [0.1, 0.15) is 0 Å². The maximum atomic E-state index is 12.7. The van der Waals surface area contributed by atoms with Crippen LogP contribution in [0.15, 0.2) is 0 Å². The molecule has 0 aromatic carbocycles. The maximum Gasteiger partial charge on any atom is 0.334 e. The Morgan fingerprint density at radius 1 is 1.17 bits per heavy atom. The van der Waals surface area contributed by atoms with Gasteiger partial charge in [-0.25, -0.2) is 0 Å². The molecule has 0 bridgehead atoms. The standard InChI is InChI=1S/C13H28NO3P/c1-3-16-18(15,17-4-2)13(11-14)10-12-8-6-5-7-9-12/h12-13H,3-11,14H2,1-2H3. The van der Waals surface area contributed by atoms with Gasteiger partial charge < -0.3 is 14.8 Å². The molecular formula is C13H28NO3P. The Morgan fingerprint density at radius 3 is 2.17 bits per heavy atom. The fraction of sp³-hybridized carbons (Fsp3) is 1.00. The molecule has 0 spiro atoms. The smallest absolute Gasteiger partial charge is 0.330 e. The average molecular weight is 277 g/mol. The first-order valence-corrected chi connectivity index (χ1v) is 8.86. The van der Waals surface area contributed by atoms with Crippen molar-refractivity contribution in [2.24, 2.45) is 11.7 Å². The van der Waals surface area contributed by atoms with E-state index in [4.69, 9.17) is 14.8 Å². The van der Waals surface area contributed by atoms with Gasteiger partial charge in [0.05, 0.1) is 18.9 Å². The second-order valence-corrected chi connectivity index (χ2v) is 7.33. The van der Waals surface area contributed by atoms with E-state index < -0.39 is 7.60 Å². The zero-order valence-electron chi connectivity index (χ0n) is 11.8. The molecule has 18 heavy (non-hydrogen) atoms. The van der Waals surface area contributed by atoms with Gasteiger partial charge in [-0.2, -0.15) is 0 Å². The molecule has 108 valence electrons. The van der Waals surface area contributed by atoms with Gasteiger partial charge in [0.2, 0.25) is 0 Å². The molecule has 0 radical (unpaired) electrons. The van der Waals surface area contributed by atoms with Crippen LogP contribution in [0.5, 0.6) is 0 Å². The number of hydrogen-bond acceptors (Lipinski definition) is 4. The van der Waals surface area contributed by atoms with Gasteiger partial charge in [-0.15, -0.1) is 0 Å². The summed E-state index contributed by atoms with van der Waals surface area (Å²) in [5.74, 6) is 0.640. The van der Waals surface area contributed by atoms with Gasteiger partial charge in [0.25, 0.3) is 0 Å². The van der Waals surface area contributed by atoms with E-state index in [1.54, 1.807) is 0 Å². The van der Waals surface area contributed by atoms with Crippen LogP contribution in [0.2, 0.25) is 0 Å². The molecule has 0 amide bonds. The molecule has 1 rings (SSSR count). The number of rotatable bonds is 8. The Balaban J connectivity index is 2.62. The highest BCUT2D eigenvalue weighted by Gasteiger charge is 2.36. The molecule has 0 aliphatic heterocycles. The van der Waals surface area contributed by atoms with Crippen LogP contribution in [0.4, 0.5) is 0 Å². The molecule has 1 saturated carbocycles. The van der Waals surface area contributed by atoms with Crippen LogP contribution in [-0.4, -0.2) is 25.4 Å². The third kappa shape index (κ3) is 4.65. The summed E-state index contributed by atoms with van der Waals surface area (Å²) < 4.78 is 23.5. The van der Waals surface area contributed by atoms with Crippen LogP contribution in [0.1, 0.15) is 52.4 Å². The van der Waals surface area contributed by atoms with Gasteiger partial charge in [-0.3, -0.25) is 4.57 Å². The molecule has 0 heterocycles. The van der Waals surface area contributed by atoms with Crippen LogP contribution in [0.25, 0.3) is 0 Å². The fourth-order valence-electron chi connectivity index (χ4n) is 2.77. The van der Waals surface area contributed by atoms with E-state index in [1.165, 1.54) is 32.1 Å². The molecule has 4 nitrogen and oxygen atoms in total. The van der Waals surface area contributed by atoms with Crippen LogP contribution >= 0.6 is 7.60 Å². The van der Waals surface area contributed by atoms with Gasteiger partial charge >= 0.3 is 7.60 Å². The average Bonchev–Trinajstić information content (AvgIpc) is 2.37. The summed E-state index contributed by atoms with van der Waals surface area (Å²) in [4.78, 5) is 0. The Morgan fingerprint density at radius 2 is 1.72 bits per heavy atom. The predicted octanol–water partition coefficient (Wildman–Crippen LogP) is 3.55. The monoisotopic (exact) mass is 277 g/mol. The molecule has 0 aromatic rings. The molecular weight excluding hydrogens is 249 g/mol. The SMILES string of the molecule is CCOP(=O)(OCC)C(CN)CC1CCCCC1. The van der Waals surface area contributed by atoms with Crippen LogP contribution in [0.3, 0.4) is 0 Å². The van der Waals surface area contributed by atoms with Crippen molar-refractivity contribution in [2.75, 3.05) is 19.8 Å². The Hall–Kier alpha value is 0.110. The first kappa shape index (κ1) is 16.2. The Labute approximate surface area is 111 Å². The van der Waals surface area contributed by atoms with Crippen molar-refractivity contribution in [3.63, 3.8) is 0 Å². The van der Waals surface area contributed by atoms with Gasteiger partial charge in [-0.05, 0) is 26.2 Å². The molecule has 0 aromatic heterocycles. The van der Waals surface area contributed by atoms with Crippen molar-refractivity contribution >= 4 is 7.60 Å². The lowest BCUT2D eigenvalue weighted by Gasteiger charge is -2.30. The predicted molar refractivity (Wildman–Crippen MR) is 74.9 cm³/mol. The lowest BCUT2D eigenvalue weighted by atomic mass is 9.86. The summed E-state index contributed by atoms with van der Waals surface area (Å²) in [5.41, 5.74) is 5.67. The van der Waals surface area contributed by atoms with Crippen LogP contribution in [-0.2, 0) is 13.6 Å². The minimum Gasteiger partial charge on any atom is -0.330 e. The van der Waals surface area contributed by atoms with Crippen molar-refractivity contribution in [1.29, 1.82) is 0 Å². The lowest BCUT2D eigenvalue weighted by molar-refractivity contribution is 0.205. The van der Waals surface area contributed by atoms with Gasteiger partial charge in [-0.1, -0.05) is 32.1 Å². The molecule has 1 aliphatic rings. The molecule has 1 unspecified atom stereocenters. The van der Waals surface area contributed by atoms with Crippen molar-refractivity contribution in [1.82, 2.24) is 0 Å². The minimum absolute atomic E-state index is 0.138. The van der Waals surface area contributed by atoms with E-state index in [2.05, 4.69) is 0 Å². The maximum absolute atomic E-state index is 12.7. The zero-order valence-corrected chi connectivity index (χ0v) is 12.7. The van der Waals surface area contributed by atoms with Crippen molar-refractivity contribution in [3.05, 3.63) is 0 Å². The highest BCUT2D eigenvalue weighted by Crippen LogP contribution is 2.55. The van der Waals surface area contributed by atoms with Gasteiger partial charge in [0, 0.05) is 6.54 Å². The third-order valence-corrected chi connectivity index (χ3v) is 6.22. The lowest BCUT2D eigenvalue weighted by Crippen LogP contribution is -2.26. The molecule has 0 saturated heterocycles. The minimum atomic E-state index is -3.02. The summed E-state index contributed by atoms with van der Waals surface area (Å²) in [5, 5.41) is 0. The summed E-state index contributed by atoms with van der Waals surface area (Å²) >= 11 is 0. The van der Waals surface area contributed by atoms with Crippen LogP contribution < -0.4 is 5.73 Å². The highest BCUT2D eigenvalue weighted by atomic mass is 31.2. The van der Waals surface area contributed by atoms with E-state index in [0.29, 0.717) is 25.7 Å². The summed E-state index contributed by atoms with van der Waals surface area (Å²) in [7, 11) is -3.02. The van der Waals surface area contributed by atoms with Crippen molar-refractivity contribution in [2.45, 2.75) is 58.0 Å². The molecule has 2 N–H and O–H groups in total. The fourth-order valence-corrected chi connectivity index (χ4v) is 4.80. The highest BCUT2D eigenvalue weighted by molar-refractivity contribution is 7.54. The first-order valence-electron chi connectivity index (χ1n) is 7.25. The van der Waals surface area contributed by atoms with E-state index in [1.807, 2.05) is 13.8 Å². The quantitative estimate of drug-likeness (QED) is 0.689. The second kappa shape index (κ2) is 8.31. The largest absolute Gasteiger partial charge is 0.334 e. The topological polar surface area (TPSA) is 61.5 Å². The summed E-state index contributed by atoms with van der Waals surface area (Å²) in [6, 6.07) is 0. The van der Waals surface area contributed by atoms with Crippen molar-refractivity contribution in [3.8, 4) is 0 Å². The Kier molecular flexibility index (Phi) is 7.47. The van der Waals surface area contributed by atoms with Gasteiger partial charge in [0.15, 0.2) is 0 Å². The van der Waals surface area contributed by atoms with E-state index in [9.17, 15) is 4.57 Å². The Bertz CT molecular complexity index is 257. The molecule has 1 fully saturated rings. The van der Waals surface area contributed by atoms with E-state index in [-0.39, 0.29) is 5.66 Å². The first-order chi connectivity index (χ1) is 8.66. The van der Waals surface area contributed by atoms with Crippen molar-refractivity contribution < 1.29 is 13.6 Å². The normalized spacial score (nSPS) is 19.9. The van der Waals surface area contributed by atoms with Crippen LogP contribution in [0, 0.1) is 5.92 Å². The molecule has 5 heteroatoms. The number of hydrogen-bond donors (Lipinski definition) is 1. The summed E-state index contributed by atoms with van der Waals surface area (Å²) in [6.45, 7) is 4.91.